The van der Waals surface area contributed by atoms with Crippen LogP contribution in [0.25, 0.3) is 5.69 Å². The maximum Gasteiger partial charge on any atom is 0.335 e. The zero-order valence-electron chi connectivity index (χ0n) is 12.0. The van der Waals surface area contributed by atoms with Crippen LogP contribution in [0.4, 0.5) is 0 Å². The van der Waals surface area contributed by atoms with Gasteiger partial charge in [-0.05, 0) is 55.5 Å². The quantitative estimate of drug-likeness (QED) is 0.447. The van der Waals surface area contributed by atoms with E-state index in [0.29, 0.717) is 5.11 Å². The molecule has 0 fully saturated rings. The number of hydrazone groups is 1. The van der Waals surface area contributed by atoms with Gasteiger partial charge < -0.3 is 15.0 Å². The summed E-state index contributed by atoms with van der Waals surface area (Å²) in [4.78, 5) is 10.9. The Balaban J connectivity index is 2.13. The van der Waals surface area contributed by atoms with Crippen LogP contribution in [-0.2, 0) is 0 Å². The van der Waals surface area contributed by atoms with E-state index in [0.717, 1.165) is 17.9 Å². The first-order valence-corrected chi connectivity index (χ1v) is 7.10. The number of rotatable bonds is 5. The highest BCUT2D eigenvalue weighted by molar-refractivity contribution is 7.80. The summed E-state index contributed by atoms with van der Waals surface area (Å²) in [6, 6.07) is 10.4. The van der Waals surface area contributed by atoms with Crippen molar-refractivity contribution in [3.05, 3.63) is 53.9 Å². The summed E-state index contributed by atoms with van der Waals surface area (Å²) >= 11 is 5.01. The average molecular weight is 316 g/mol. The van der Waals surface area contributed by atoms with Gasteiger partial charge in [-0.3, -0.25) is 5.43 Å². The molecule has 1 aromatic heterocycles. The van der Waals surface area contributed by atoms with Crippen LogP contribution < -0.4 is 10.7 Å². The molecule has 0 aliphatic rings. The van der Waals surface area contributed by atoms with Crippen molar-refractivity contribution in [2.45, 2.75) is 6.92 Å². The molecule has 1 heterocycles. The highest BCUT2D eigenvalue weighted by Crippen LogP contribution is 2.13. The van der Waals surface area contributed by atoms with Gasteiger partial charge in [-0.2, -0.15) is 5.10 Å². The second-order valence-electron chi connectivity index (χ2n) is 4.38. The molecule has 1 aromatic carbocycles. The van der Waals surface area contributed by atoms with E-state index in [1.165, 1.54) is 0 Å². The van der Waals surface area contributed by atoms with Crippen LogP contribution in [0.1, 0.15) is 23.0 Å². The van der Waals surface area contributed by atoms with E-state index in [4.69, 9.17) is 17.3 Å². The third-order valence-corrected chi connectivity index (χ3v) is 3.11. The highest BCUT2D eigenvalue weighted by Gasteiger charge is 2.04. The number of hydrogen-bond donors (Lipinski definition) is 3. The molecule has 0 radical (unpaired) electrons. The summed E-state index contributed by atoms with van der Waals surface area (Å²) in [7, 11) is 0. The van der Waals surface area contributed by atoms with Crippen molar-refractivity contribution < 1.29 is 9.90 Å². The van der Waals surface area contributed by atoms with Gasteiger partial charge >= 0.3 is 5.97 Å². The van der Waals surface area contributed by atoms with E-state index >= 15 is 0 Å². The Kier molecular flexibility index (Phi) is 5.26. The van der Waals surface area contributed by atoms with Crippen molar-refractivity contribution in [1.82, 2.24) is 15.3 Å². The Morgan fingerprint density at radius 3 is 2.73 bits per heavy atom. The minimum absolute atomic E-state index is 0.253. The number of aromatic carboxylic acids is 1. The van der Waals surface area contributed by atoms with Gasteiger partial charge in [-0.1, -0.05) is 0 Å². The van der Waals surface area contributed by atoms with Gasteiger partial charge in [0.25, 0.3) is 0 Å². The number of thiocarbonyl (C=S) groups is 1. The lowest BCUT2D eigenvalue weighted by Gasteiger charge is -2.07. The predicted octanol–water partition coefficient (Wildman–Crippen LogP) is 1.99. The second-order valence-corrected chi connectivity index (χ2v) is 4.79. The van der Waals surface area contributed by atoms with Crippen LogP contribution in [0.3, 0.4) is 0 Å². The fraction of sp³-hybridized carbons (Fsp3) is 0.133. The molecular weight excluding hydrogens is 300 g/mol. The number of aromatic nitrogens is 1. The maximum atomic E-state index is 10.9. The van der Waals surface area contributed by atoms with Crippen molar-refractivity contribution in [2.24, 2.45) is 5.10 Å². The zero-order valence-corrected chi connectivity index (χ0v) is 12.8. The molecule has 2 rings (SSSR count). The van der Waals surface area contributed by atoms with Crippen molar-refractivity contribution in [3.63, 3.8) is 0 Å². The number of carboxylic acid groups (broad SMARTS) is 1. The number of benzene rings is 1. The monoisotopic (exact) mass is 316 g/mol. The topological polar surface area (TPSA) is 78.7 Å². The third kappa shape index (κ3) is 3.92. The number of carboxylic acids is 1. The van der Waals surface area contributed by atoms with Crippen LogP contribution >= 0.6 is 12.2 Å². The molecule has 22 heavy (non-hydrogen) atoms. The van der Waals surface area contributed by atoms with Crippen LogP contribution in [0.5, 0.6) is 0 Å². The van der Waals surface area contributed by atoms with Gasteiger partial charge in [0.1, 0.15) is 0 Å². The van der Waals surface area contributed by atoms with Gasteiger partial charge in [-0.25, -0.2) is 4.79 Å². The molecule has 0 atom stereocenters. The molecule has 3 N–H and O–H groups in total. The lowest BCUT2D eigenvalue weighted by Crippen LogP contribution is -2.31. The summed E-state index contributed by atoms with van der Waals surface area (Å²) in [5.74, 6) is -0.943. The molecule has 0 saturated heterocycles. The number of carbonyl (C=O) groups is 1. The molecule has 0 unspecified atom stereocenters. The SMILES string of the molecule is CCNC(=S)N/N=C\c1cccn1-c1ccc(C(=O)O)cc1. The molecule has 2 aromatic rings. The highest BCUT2D eigenvalue weighted by atomic mass is 32.1. The second kappa shape index (κ2) is 7.37. The summed E-state index contributed by atoms with van der Waals surface area (Å²) in [6.45, 7) is 2.68. The van der Waals surface area contributed by atoms with Crippen LogP contribution in [0.2, 0.25) is 0 Å². The van der Waals surface area contributed by atoms with Crippen molar-refractivity contribution in [1.29, 1.82) is 0 Å². The fourth-order valence-electron chi connectivity index (χ4n) is 1.86. The molecule has 0 bridgehead atoms. The predicted molar refractivity (Wildman–Crippen MR) is 89.7 cm³/mol. The van der Waals surface area contributed by atoms with E-state index in [2.05, 4.69) is 15.8 Å². The van der Waals surface area contributed by atoms with E-state index in [9.17, 15) is 4.79 Å². The number of hydrogen-bond acceptors (Lipinski definition) is 3. The largest absolute Gasteiger partial charge is 0.478 e. The van der Waals surface area contributed by atoms with Gasteiger partial charge in [0.2, 0.25) is 0 Å². The van der Waals surface area contributed by atoms with E-state index in [1.54, 1.807) is 30.5 Å². The number of nitrogens with one attached hydrogen (secondary N) is 2. The van der Waals surface area contributed by atoms with Gasteiger partial charge in [-0.15, -0.1) is 0 Å². The Labute approximate surface area is 133 Å². The van der Waals surface area contributed by atoms with Gasteiger partial charge in [0.05, 0.1) is 17.5 Å². The van der Waals surface area contributed by atoms with Crippen LogP contribution in [-0.4, -0.2) is 33.5 Å². The lowest BCUT2D eigenvalue weighted by molar-refractivity contribution is 0.0697. The standard InChI is InChI=1S/C15H16N4O2S/c1-2-16-15(22)18-17-10-13-4-3-9-19(13)12-7-5-11(6-8-12)14(20)21/h3-10H,2H2,1H3,(H,20,21)(H2,16,18,22)/b17-10-. The summed E-state index contributed by atoms with van der Waals surface area (Å²) in [5, 5.41) is 16.4. The van der Waals surface area contributed by atoms with E-state index in [1.807, 2.05) is 29.8 Å². The first kappa shape index (κ1) is 15.7. The molecule has 114 valence electrons. The molecule has 0 amide bonds. The Morgan fingerprint density at radius 1 is 1.36 bits per heavy atom. The van der Waals surface area contributed by atoms with E-state index < -0.39 is 5.97 Å². The first-order valence-electron chi connectivity index (χ1n) is 6.70. The first-order chi connectivity index (χ1) is 10.6. The normalized spacial score (nSPS) is 10.6. The minimum atomic E-state index is -0.943. The lowest BCUT2D eigenvalue weighted by atomic mass is 10.2. The Morgan fingerprint density at radius 2 is 2.09 bits per heavy atom. The molecule has 0 aliphatic heterocycles. The van der Waals surface area contributed by atoms with Gasteiger partial charge in [0, 0.05) is 18.4 Å². The van der Waals surface area contributed by atoms with E-state index in [-0.39, 0.29) is 5.56 Å². The van der Waals surface area contributed by atoms with Crippen LogP contribution in [0, 0.1) is 0 Å². The Bertz CT molecular complexity index is 692. The van der Waals surface area contributed by atoms with Crippen molar-refractivity contribution in [3.8, 4) is 5.69 Å². The molecule has 0 aliphatic carbocycles. The summed E-state index contributed by atoms with van der Waals surface area (Å²) in [5.41, 5.74) is 4.67. The third-order valence-electron chi connectivity index (χ3n) is 2.87. The molecular formula is C15H16N4O2S. The van der Waals surface area contributed by atoms with Crippen molar-refractivity contribution in [2.75, 3.05) is 6.54 Å². The maximum absolute atomic E-state index is 10.9. The molecule has 7 heteroatoms. The van der Waals surface area contributed by atoms with Gasteiger partial charge in [0.15, 0.2) is 5.11 Å². The fourth-order valence-corrected chi connectivity index (χ4v) is 2.05. The number of nitrogens with zero attached hydrogens (tertiary/aromatic N) is 2. The summed E-state index contributed by atoms with van der Waals surface area (Å²) in [6.07, 6.45) is 3.52. The smallest absolute Gasteiger partial charge is 0.335 e. The summed E-state index contributed by atoms with van der Waals surface area (Å²) < 4.78 is 1.90. The zero-order chi connectivity index (χ0) is 15.9. The molecule has 0 spiro atoms. The van der Waals surface area contributed by atoms with Crippen molar-refractivity contribution >= 4 is 29.5 Å². The average Bonchev–Trinajstić information content (AvgIpc) is 2.96. The Hall–Kier alpha value is -2.67. The molecule has 6 nitrogen and oxygen atoms in total. The minimum Gasteiger partial charge on any atom is -0.478 e. The molecule has 0 saturated carbocycles. The van der Waals surface area contributed by atoms with Crippen LogP contribution in [0.15, 0.2) is 47.7 Å².